The standard InChI is InChI=1S/C8H10N4O3S/c1-4-7(5(2)15-12-4)16(13,14)6-3-10-11-8(6)9/h3H,1-2H3,(H3,9,10,11). The van der Waals surface area contributed by atoms with Gasteiger partial charge in [-0.25, -0.2) is 8.42 Å². The molecule has 0 aliphatic carbocycles. The van der Waals surface area contributed by atoms with Crippen molar-refractivity contribution in [3.05, 3.63) is 17.7 Å². The van der Waals surface area contributed by atoms with Crippen LogP contribution in [0.4, 0.5) is 5.82 Å². The summed E-state index contributed by atoms with van der Waals surface area (Å²) in [5.41, 5.74) is 5.79. The van der Waals surface area contributed by atoms with Crippen LogP contribution < -0.4 is 5.73 Å². The van der Waals surface area contributed by atoms with E-state index in [0.29, 0.717) is 5.69 Å². The first-order valence-corrected chi connectivity index (χ1v) is 5.89. The summed E-state index contributed by atoms with van der Waals surface area (Å²) in [6.07, 6.45) is 1.16. The number of aryl methyl sites for hydroxylation is 2. The average Bonchev–Trinajstić information content (AvgIpc) is 2.73. The number of hydrogen-bond acceptors (Lipinski definition) is 6. The number of nitrogens with zero attached hydrogens (tertiary/aromatic N) is 2. The summed E-state index contributed by atoms with van der Waals surface area (Å²) in [5, 5.41) is 9.55. The highest BCUT2D eigenvalue weighted by Gasteiger charge is 2.29. The summed E-state index contributed by atoms with van der Waals surface area (Å²) in [6.45, 7) is 3.09. The molecule has 0 unspecified atom stereocenters. The lowest BCUT2D eigenvalue weighted by Gasteiger charge is -2.00. The van der Waals surface area contributed by atoms with Crippen LogP contribution in [0, 0.1) is 13.8 Å². The first-order valence-electron chi connectivity index (χ1n) is 4.41. The number of aromatic nitrogens is 3. The Morgan fingerprint density at radius 2 is 2.12 bits per heavy atom. The zero-order valence-corrected chi connectivity index (χ0v) is 9.50. The van der Waals surface area contributed by atoms with Gasteiger partial charge in [0.2, 0.25) is 9.84 Å². The summed E-state index contributed by atoms with van der Waals surface area (Å²) in [6, 6.07) is 0. The Balaban J connectivity index is 2.70. The fourth-order valence-corrected chi connectivity index (χ4v) is 3.06. The van der Waals surface area contributed by atoms with Crippen LogP contribution in [0.2, 0.25) is 0 Å². The second-order valence-corrected chi connectivity index (χ2v) is 5.16. The van der Waals surface area contributed by atoms with E-state index in [1.165, 1.54) is 6.92 Å². The number of nitrogen functional groups attached to an aromatic ring is 1. The molecular formula is C8H10N4O3S. The minimum absolute atomic E-state index is 0.000000000000000222. The second-order valence-electron chi connectivity index (χ2n) is 3.30. The summed E-state index contributed by atoms with van der Waals surface area (Å²) < 4.78 is 29.2. The zero-order valence-electron chi connectivity index (χ0n) is 8.68. The van der Waals surface area contributed by atoms with E-state index in [1.54, 1.807) is 6.92 Å². The second kappa shape index (κ2) is 3.34. The van der Waals surface area contributed by atoms with Gasteiger partial charge in [-0.1, -0.05) is 5.16 Å². The third kappa shape index (κ3) is 1.38. The molecule has 0 aromatic carbocycles. The van der Waals surface area contributed by atoms with Crippen LogP contribution in [-0.2, 0) is 9.84 Å². The molecule has 0 saturated carbocycles. The van der Waals surface area contributed by atoms with E-state index < -0.39 is 9.84 Å². The van der Waals surface area contributed by atoms with Crippen molar-refractivity contribution < 1.29 is 12.9 Å². The van der Waals surface area contributed by atoms with Gasteiger partial charge in [-0.3, -0.25) is 5.10 Å². The minimum atomic E-state index is -3.72. The lowest BCUT2D eigenvalue weighted by molar-refractivity contribution is 0.390. The quantitative estimate of drug-likeness (QED) is 0.789. The Morgan fingerprint density at radius 1 is 1.44 bits per heavy atom. The molecule has 8 heteroatoms. The Labute approximate surface area is 91.5 Å². The highest BCUT2D eigenvalue weighted by atomic mass is 32.2. The molecule has 0 spiro atoms. The Morgan fingerprint density at radius 3 is 2.56 bits per heavy atom. The number of anilines is 1. The third-order valence-corrected chi connectivity index (χ3v) is 4.18. The molecule has 7 nitrogen and oxygen atoms in total. The van der Waals surface area contributed by atoms with Crippen molar-refractivity contribution in [2.45, 2.75) is 23.6 Å². The number of nitrogens with one attached hydrogen (secondary N) is 1. The van der Waals surface area contributed by atoms with Crippen molar-refractivity contribution in [1.82, 2.24) is 15.4 Å². The monoisotopic (exact) mass is 242 g/mol. The molecule has 2 aromatic rings. The summed E-state index contributed by atoms with van der Waals surface area (Å²) >= 11 is 0. The van der Waals surface area contributed by atoms with Gasteiger partial charge >= 0.3 is 0 Å². The van der Waals surface area contributed by atoms with E-state index in [-0.39, 0.29) is 21.4 Å². The molecule has 0 aliphatic rings. The van der Waals surface area contributed by atoms with Crippen molar-refractivity contribution >= 4 is 15.7 Å². The summed E-state index contributed by atoms with van der Waals surface area (Å²) in [7, 11) is -3.72. The highest BCUT2D eigenvalue weighted by Crippen LogP contribution is 2.28. The smallest absolute Gasteiger partial charge is 0.217 e. The lowest BCUT2D eigenvalue weighted by Crippen LogP contribution is -2.05. The van der Waals surface area contributed by atoms with Crippen molar-refractivity contribution in [2.75, 3.05) is 5.73 Å². The van der Waals surface area contributed by atoms with E-state index in [4.69, 9.17) is 10.3 Å². The maximum absolute atomic E-state index is 12.2. The summed E-state index contributed by atoms with van der Waals surface area (Å²) in [5.74, 6) is 0.234. The molecule has 2 heterocycles. The van der Waals surface area contributed by atoms with E-state index in [9.17, 15) is 8.42 Å². The van der Waals surface area contributed by atoms with Crippen LogP contribution in [0.1, 0.15) is 11.5 Å². The van der Waals surface area contributed by atoms with Crippen LogP contribution in [0.5, 0.6) is 0 Å². The molecule has 16 heavy (non-hydrogen) atoms. The predicted octanol–water partition coefficient (Wildman–Crippen LogP) is 0.430. The topological polar surface area (TPSA) is 115 Å². The molecule has 0 bridgehead atoms. The highest BCUT2D eigenvalue weighted by molar-refractivity contribution is 7.91. The number of aromatic amines is 1. The zero-order chi connectivity index (χ0) is 11.9. The van der Waals surface area contributed by atoms with Crippen LogP contribution in [0.15, 0.2) is 20.5 Å². The molecular weight excluding hydrogens is 232 g/mol. The van der Waals surface area contributed by atoms with Crippen LogP contribution in [-0.4, -0.2) is 23.8 Å². The minimum Gasteiger partial charge on any atom is -0.383 e. The van der Waals surface area contributed by atoms with Gasteiger partial charge in [0.25, 0.3) is 0 Å². The molecule has 3 N–H and O–H groups in total. The van der Waals surface area contributed by atoms with E-state index >= 15 is 0 Å². The lowest BCUT2D eigenvalue weighted by atomic mass is 10.4. The van der Waals surface area contributed by atoms with Gasteiger partial charge in [0.1, 0.15) is 15.6 Å². The van der Waals surface area contributed by atoms with Gasteiger partial charge < -0.3 is 10.3 Å². The number of H-pyrrole nitrogens is 1. The van der Waals surface area contributed by atoms with Gasteiger partial charge in [-0.05, 0) is 13.8 Å². The number of sulfone groups is 1. The van der Waals surface area contributed by atoms with Gasteiger partial charge in [0, 0.05) is 0 Å². The molecule has 2 aromatic heterocycles. The van der Waals surface area contributed by atoms with Crippen molar-refractivity contribution in [3.63, 3.8) is 0 Å². The first-order chi connectivity index (χ1) is 7.44. The molecule has 0 radical (unpaired) electrons. The predicted molar refractivity (Wildman–Crippen MR) is 54.4 cm³/mol. The van der Waals surface area contributed by atoms with Gasteiger partial charge in [-0.15, -0.1) is 0 Å². The molecule has 0 aliphatic heterocycles. The summed E-state index contributed by atoms with van der Waals surface area (Å²) in [4.78, 5) is -0.0255. The molecule has 86 valence electrons. The van der Waals surface area contributed by atoms with E-state index in [2.05, 4.69) is 15.4 Å². The SMILES string of the molecule is Cc1noc(C)c1S(=O)(=O)c1cn[nH]c1N. The number of nitrogens with two attached hydrogens (primary N) is 1. The van der Waals surface area contributed by atoms with E-state index in [0.717, 1.165) is 6.20 Å². The maximum atomic E-state index is 12.2. The van der Waals surface area contributed by atoms with Crippen LogP contribution in [0.25, 0.3) is 0 Å². The third-order valence-electron chi connectivity index (χ3n) is 2.16. The van der Waals surface area contributed by atoms with Crippen LogP contribution in [0.3, 0.4) is 0 Å². The first kappa shape index (κ1) is 10.7. The molecule has 0 atom stereocenters. The van der Waals surface area contributed by atoms with Gasteiger partial charge in [-0.2, -0.15) is 5.10 Å². The van der Waals surface area contributed by atoms with Crippen molar-refractivity contribution in [1.29, 1.82) is 0 Å². The Kier molecular flexibility index (Phi) is 2.23. The largest absolute Gasteiger partial charge is 0.383 e. The van der Waals surface area contributed by atoms with Gasteiger partial charge in [0.05, 0.1) is 11.9 Å². The molecule has 0 saturated heterocycles. The fourth-order valence-electron chi connectivity index (χ4n) is 1.47. The molecule has 2 rings (SSSR count). The fraction of sp³-hybridized carbons (Fsp3) is 0.250. The average molecular weight is 242 g/mol. The van der Waals surface area contributed by atoms with Crippen LogP contribution >= 0.6 is 0 Å². The van der Waals surface area contributed by atoms with Crippen molar-refractivity contribution in [2.24, 2.45) is 0 Å². The molecule has 0 amide bonds. The van der Waals surface area contributed by atoms with Crippen molar-refractivity contribution in [3.8, 4) is 0 Å². The Bertz CT molecular complexity index is 606. The Hall–Kier alpha value is -1.83. The molecule has 0 fully saturated rings. The maximum Gasteiger partial charge on any atom is 0.217 e. The number of rotatable bonds is 2. The number of hydrogen-bond donors (Lipinski definition) is 2. The van der Waals surface area contributed by atoms with Gasteiger partial charge in [0.15, 0.2) is 5.76 Å². The normalized spacial score (nSPS) is 11.9. The van der Waals surface area contributed by atoms with E-state index in [1.807, 2.05) is 0 Å².